The van der Waals surface area contributed by atoms with Gasteiger partial charge in [-0.05, 0) is 18.9 Å². The van der Waals surface area contributed by atoms with Gasteiger partial charge in [-0.1, -0.05) is 29.6 Å². The lowest BCUT2D eigenvalue weighted by Gasteiger charge is -2.37. The third-order valence-corrected chi connectivity index (χ3v) is 4.01. The molecule has 0 spiro atoms. The van der Waals surface area contributed by atoms with Gasteiger partial charge in [0.25, 0.3) is 5.91 Å². The summed E-state index contributed by atoms with van der Waals surface area (Å²) in [4.78, 5) is 25.5. The molecule has 1 aromatic heterocycles. The largest absolute Gasteiger partial charge is 0.481 e. The van der Waals surface area contributed by atoms with Gasteiger partial charge in [-0.15, -0.1) is 0 Å². The standard InChI is InChI=1S/C11H12Cl2N2O3/c12-6-4-7(15-8(6)13)9(16)14-5-11(10(17)18)2-1-3-11/h4,15H,1-3,5H2,(H,14,16)(H,17,18). The molecule has 1 aliphatic carbocycles. The maximum atomic E-state index is 11.8. The fourth-order valence-corrected chi connectivity index (χ4v) is 2.25. The fourth-order valence-electron chi connectivity index (χ4n) is 1.94. The van der Waals surface area contributed by atoms with Crippen molar-refractivity contribution in [1.29, 1.82) is 0 Å². The monoisotopic (exact) mass is 290 g/mol. The molecule has 0 unspecified atom stereocenters. The van der Waals surface area contributed by atoms with Crippen LogP contribution in [-0.4, -0.2) is 28.5 Å². The second-order valence-corrected chi connectivity index (χ2v) is 5.25. The van der Waals surface area contributed by atoms with Crippen LogP contribution in [0.25, 0.3) is 0 Å². The molecule has 1 aromatic rings. The number of aliphatic carboxylic acids is 1. The summed E-state index contributed by atoms with van der Waals surface area (Å²) in [5.74, 6) is -1.27. The van der Waals surface area contributed by atoms with Crippen molar-refractivity contribution >= 4 is 35.1 Å². The van der Waals surface area contributed by atoms with E-state index in [-0.39, 0.29) is 22.4 Å². The Hall–Kier alpha value is -1.20. The number of aromatic nitrogens is 1. The maximum Gasteiger partial charge on any atom is 0.311 e. The van der Waals surface area contributed by atoms with Crippen molar-refractivity contribution in [2.75, 3.05) is 6.54 Å². The minimum Gasteiger partial charge on any atom is -0.481 e. The first kappa shape index (κ1) is 13.2. The van der Waals surface area contributed by atoms with E-state index in [0.717, 1.165) is 6.42 Å². The number of H-pyrrole nitrogens is 1. The van der Waals surface area contributed by atoms with Crippen LogP contribution in [0.1, 0.15) is 29.8 Å². The average Bonchev–Trinajstić information content (AvgIpc) is 2.57. The van der Waals surface area contributed by atoms with Gasteiger partial charge >= 0.3 is 5.97 Å². The van der Waals surface area contributed by atoms with E-state index in [1.165, 1.54) is 6.07 Å². The van der Waals surface area contributed by atoms with Crippen LogP contribution in [0.3, 0.4) is 0 Å². The van der Waals surface area contributed by atoms with Crippen molar-refractivity contribution in [2.24, 2.45) is 5.41 Å². The molecule has 7 heteroatoms. The Balaban J connectivity index is 1.98. The molecule has 2 rings (SSSR count). The second kappa shape index (κ2) is 4.82. The number of hydrogen-bond acceptors (Lipinski definition) is 2. The Labute approximate surface area is 113 Å². The second-order valence-electron chi connectivity index (χ2n) is 4.47. The number of amides is 1. The van der Waals surface area contributed by atoms with Gasteiger partial charge in [-0.25, -0.2) is 0 Å². The zero-order valence-corrected chi connectivity index (χ0v) is 10.9. The number of halogens is 2. The van der Waals surface area contributed by atoms with Crippen LogP contribution < -0.4 is 5.32 Å². The summed E-state index contributed by atoms with van der Waals surface area (Å²) in [5.41, 5.74) is -0.583. The van der Waals surface area contributed by atoms with E-state index >= 15 is 0 Å². The number of carbonyl (C=O) groups is 2. The molecule has 5 nitrogen and oxygen atoms in total. The Morgan fingerprint density at radius 3 is 2.50 bits per heavy atom. The van der Waals surface area contributed by atoms with Crippen LogP contribution >= 0.6 is 23.2 Å². The molecule has 98 valence electrons. The summed E-state index contributed by atoms with van der Waals surface area (Å²) >= 11 is 11.4. The summed E-state index contributed by atoms with van der Waals surface area (Å²) in [6, 6.07) is 1.41. The Morgan fingerprint density at radius 2 is 2.11 bits per heavy atom. The van der Waals surface area contributed by atoms with Gasteiger partial charge in [0, 0.05) is 6.54 Å². The minimum absolute atomic E-state index is 0.120. The van der Waals surface area contributed by atoms with Crippen molar-refractivity contribution in [3.8, 4) is 0 Å². The molecule has 1 amide bonds. The first-order valence-corrected chi connectivity index (χ1v) is 6.26. The predicted molar refractivity (Wildman–Crippen MR) is 67.1 cm³/mol. The lowest BCUT2D eigenvalue weighted by atomic mass is 9.69. The highest BCUT2D eigenvalue weighted by molar-refractivity contribution is 6.41. The zero-order chi connectivity index (χ0) is 13.3. The predicted octanol–water partition coefficient (Wildman–Crippen LogP) is 2.31. The van der Waals surface area contributed by atoms with Crippen LogP contribution in [-0.2, 0) is 4.79 Å². The minimum atomic E-state index is -0.864. The summed E-state index contributed by atoms with van der Waals surface area (Å²) in [7, 11) is 0. The highest BCUT2D eigenvalue weighted by Crippen LogP contribution is 2.40. The van der Waals surface area contributed by atoms with E-state index in [0.29, 0.717) is 12.8 Å². The highest BCUT2D eigenvalue weighted by atomic mass is 35.5. The van der Waals surface area contributed by atoms with E-state index < -0.39 is 17.3 Å². The molecule has 0 bridgehead atoms. The van der Waals surface area contributed by atoms with Crippen molar-refractivity contribution in [3.05, 3.63) is 21.9 Å². The molecule has 0 atom stereocenters. The first-order chi connectivity index (χ1) is 8.44. The molecule has 1 aliphatic rings. The third-order valence-electron chi connectivity index (χ3n) is 3.32. The van der Waals surface area contributed by atoms with Crippen LogP contribution in [0, 0.1) is 5.41 Å². The van der Waals surface area contributed by atoms with Crippen molar-refractivity contribution in [3.63, 3.8) is 0 Å². The summed E-state index contributed by atoms with van der Waals surface area (Å²) in [6.07, 6.45) is 2.06. The fraction of sp³-hybridized carbons (Fsp3) is 0.455. The molecule has 3 N–H and O–H groups in total. The van der Waals surface area contributed by atoms with Gasteiger partial charge in [-0.2, -0.15) is 0 Å². The first-order valence-electron chi connectivity index (χ1n) is 5.50. The molecule has 0 saturated heterocycles. The molecule has 0 aromatic carbocycles. The lowest BCUT2D eigenvalue weighted by Crippen LogP contribution is -2.47. The summed E-state index contributed by atoms with van der Waals surface area (Å²) < 4.78 is 0. The molecule has 1 saturated carbocycles. The zero-order valence-electron chi connectivity index (χ0n) is 9.43. The van der Waals surface area contributed by atoms with Gasteiger partial charge in [-0.3, -0.25) is 9.59 Å². The van der Waals surface area contributed by atoms with E-state index in [4.69, 9.17) is 28.3 Å². The van der Waals surface area contributed by atoms with E-state index in [9.17, 15) is 9.59 Å². The quantitative estimate of drug-likeness (QED) is 0.796. The van der Waals surface area contributed by atoms with E-state index in [1.54, 1.807) is 0 Å². The number of carbonyl (C=O) groups excluding carboxylic acids is 1. The number of nitrogens with one attached hydrogen (secondary N) is 2. The molecule has 1 fully saturated rings. The van der Waals surface area contributed by atoms with Gasteiger partial charge in [0.05, 0.1) is 10.4 Å². The smallest absolute Gasteiger partial charge is 0.311 e. The molecular weight excluding hydrogens is 279 g/mol. The number of hydrogen-bond donors (Lipinski definition) is 3. The lowest BCUT2D eigenvalue weighted by molar-refractivity contribution is -0.153. The molecule has 1 heterocycles. The Morgan fingerprint density at radius 1 is 1.44 bits per heavy atom. The SMILES string of the molecule is O=C(NCC1(C(=O)O)CCC1)c1cc(Cl)c(Cl)[nH]1. The normalized spacial score (nSPS) is 17.0. The van der Waals surface area contributed by atoms with Gasteiger partial charge in [0.2, 0.25) is 0 Å². The summed E-state index contributed by atoms with van der Waals surface area (Å²) in [6.45, 7) is 0.120. The molecule has 0 radical (unpaired) electrons. The summed E-state index contributed by atoms with van der Waals surface area (Å²) in [5, 5.41) is 12.2. The molecule has 0 aliphatic heterocycles. The van der Waals surface area contributed by atoms with E-state index in [1.807, 2.05) is 0 Å². The van der Waals surface area contributed by atoms with Crippen LogP contribution in [0.2, 0.25) is 10.2 Å². The number of carboxylic acid groups (broad SMARTS) is 1. The third kappa shape index (κ3) is 2.33. The average molecular weight is 291 g/mol. The van der Waals surface area contributed by atoms with Crippen molar-refractivity contribution in [2.45, 2.75) is 19.3 Å². The van der Waals surface area contributed by atoms with Gasteiger partial charge < -0.3 is 15.4 Å². The number of aromatic amines is 1. The molecule has 18 heavy (non-hydrogen) atoms. The number of rotatable bonds is 4. The highest BCUT2D eigenvalue weighted by Gasteiger charge is 2.44. The molecular formula is C11H12Cl2N2O3. The number of carboxylic acids is 1. The van der Waals surface area contributed by atoms with Gasteiger partial charge in [0.1, 0.15) is 10.8 Å². The van der Waals surface area contributed by atoms with Gasteiger partial charge in [0.15, 0.2) is 0 Å². The Bertz CT molecular complexity index is 475. The van der Waals surface area contributed by atoms with Crippen LogP contribution in [0.15, 0.2) is 6.07 Å². The topological polar surface area (TPSA) is 82.2 Å². The van der Waals surface area contributed by atoms with Crippen molar-refractivity contribution < 1.29 is 14.7 Å². The van der Waals surface area contributed by atoms with E-state index in [2.05, 4.69) is 10.3 Å². The maximum absolute atomic E-state index is 11.8. The van der Waals surface area contributed by atoms with Crippen molar-refractivity contribution in [1.82, 2.24) is 10.3 Å². The van der Waals surface area contributed by atoms with Crippen LogP contribution in [0.4, 0.5) is 0 Å². The van der Waals surface area contributed by atoms with Crippen LogP contribution in [0.5, 0.6) is 0 Å². The Kier molecular flexibility index (Phi) is 3.54.